The van der Waals surface area contributed by atoms with Crippen molar-refractivity contribution in [3.8, 4) is 5.75 Å². The molecule has 0 spiro atoms. The maximum atomic E-state index is 13.9. The first kappa shape index (κ1) is 29.0. The summed E-state index contributed by atoms with van der Waals surface area (Å²) in [6.07, 6.45) is 5.47. The van der Waals surface area contributed by atoms with Crippen LogP contribution in [0.5, 0.6) is 5.75 Å². The van der Waals surface area contributed by atoms with Crippen molar-refractivity contribution < 1.29 is 29.5 Å². The molecule has 4 atom stereocenters. The quantitative estimate of drug-likeness (QED) is 0.210. The summed E-state index contributed by atoms with van der Waals surface area (Å²) < 4.78 is 6.43. The van der Waals surface area contributed by atoms with E-state index >= 15 is 0 Å². The van der Waals surface area contributed by atoms with Crippen LogP contribution in [0, 0.1) is 23.7 Å². The number of aromatic hydroxyl groups is 1. The molecule has 43 heavy (non-hydrogen) atoms. The third-order valence-corrected chi connectivity index (χ3v) is 8.95. The van der Waals surface area contributed by atoms with Gasteiger partial charge in [-0.05, 0) is 89.8 Å². The molecule has 3 heterocycles. The van der Waals surface area contributed by atoms with Crippen LogP contribution in [0.3, 0.4) is 0 Å². The van der Waals surface area contributed by atoms with E-state index in [2.05, 4.69) is 18.8 Å². The Morgan fingerprint density at radius 1 is 1.05 bits per heavy atom. The molecule has 2 aromatic carbocycles. The highest BCUT2D eigenvalue weighted by molar-refractivity contribution is 6.58. The predicted octanol–water partition coefficient (Wildman–Crippen LogP) is 3.96. The number of nitrogens with zero attached hydrogens (tertiary/aromatic N) is 2. The first-order valence-electron chi connectivity index (χ1n) is 14.8. The number of pyridine rings is 1. The van der Waals surface area contributed by atoms with Crippen LogP contribution < -0.4 is 10.4 Å². The van der Waals surface area contributed by atoms with Gasteiger partial charge in [-0.15, -0.1) is 0 Å². The summed E-state index contributed by atoms with van der Waals surface area (Å²) in [7, 11) is -1.70. The monoisotopic (exact) mass is 578 g/mol. The molecule has 2 fully saturated rings. The van der Waals surface area contributed by atoms with Crippen LogP contribution in [0.1, 0.15) is 44.4 Å². The zero-order chi connectivity index (χ0) is 30.2. The van der Waals surface area contributed by atoms with Crippen LogP contribution in [0.15, 0.2) is 84.1 Å². The van der Waals surface area contributed by atoms with Crippen molar-refractivity contribution in [3.05, 3.63) is 95.3 Å². The van der Waals surface area contributed by atoms with Gasteiger partial charge in [-0.2, -0.15) is 0 Å². The van der Waals surface area contributed by atoms with Crippen LogP contribution in [0.4, 0.5) is 5.69 Å². The van der Waals surface area contributed by atoms with E-state index in [4.69, 9.17) is 4.74 Å². The average molecular weight is 578 g/mol. The Balaban J connectivity index is 1.29. The second-order valence-corrected chi connectivity index (χ2v) is 11.9. The van der Waals surface area contributed by atoms with Crippen molar-refractivity contribution in [2.24, 2.45) is 23.7 Å². The minimum Gasteiger partial charge on any atom is -0.508 e. The number of hydrogen-bond acceptors (Lipinski definition) is 7. The fourth-order valence-electron chi connectivity index (χ4n) is 6.97. The van der Waals surface area contributed by atoms with E-state index < -0.39 is 19.0 Å². The van der Waals surface area contributed by atoms with Gasteiger partial charge < -0.3 is 19.9 Å². The third kappa shape index (κ3) is 5.56. The molecular formula is C34H35BN2O6. The van der Waals surface area contributed by atoms with Gasteiger partial charge in [-0.1, -0.05) is 49.8 Å². The fraction of sp³-hybridized carbons (Fsp3) is 0.324. The van der Waals surface area contributed by atoms with Gasteiger partial charge >= 0.3 is 7.12 Å². The van der Waals surface area contributed by atoms with E-state index in [-0.39, 0.29) is 41.0 Å². The first-order valence-corrected chi connectivity index (χ1v) is 14.8. The molecule has 3 aliphatic rings. The van der Waals surface area contributed by atoms with E-state index in [1.54, 1.807) is 36.5 Å². The van der Waals surface area contributed by atoms with Crippen molar-refractivity contribution in [3.63, 3.8) is 0 Å². The van der Waals surface area contributed by atoms with Crippen LogP contribution in [0.25, 0.3) is 11.6 Å². The molecule has 2 saturated heterocycles. The number of amides is 2. The van der Waals surface area contributed by atoms with Crippen LogP contribution in [-0.4, -0.2) is 51.8 Å². The van der Waals surface area contributed by atoms with Crippen molar-refractivity contribution in [1.82, 2.24) is 4.98 Å². The lowest BCUT2D eigenvalue weighted by Gasteiger charge is -2.33. The maximum Gasteiger partial charge on any atom is 0.488 e. The highest BCUT2D eigenvalue weighted by Crippen LogP contribution is 2.52. The number of carbonyl (C=O) groups is 2. The van der Waals surface area contributed by atoms with Gasteiger partial charge in [0.05, 0.1) is 35.9 Å². The fourth-order valence-corrected chi connectivity index (χ4v) is 6.97. The Morgan fingerprint density at radius 3 is 2.58 bits per heavy atom. The van der Waals surface area contributed by atoms with Crippen LogP contribution in [-0.2, 0) is 14.3 Å². The first-order chi connectivity index (χ1) is 20.7. The Kier molecular flexibility index (Phi) is 8.05. The number of phenols is 1. The summed E-state index contributed by atoms with van der Waals surface area (Å²) in [6, 6.07) is 19.2. The molecule has 3 N–H and O–H groups in total. The summed E-state index contributed by atoms with van der Waals surface area (Å²) in [5.41, 5.74) is 5.66. The van der Waals surface area contributed by atoms with Crippen molar-refractivity contribution in [2.45, 2.75) is 39.2 Å². The zero-order valence-corrected chi connectivity index (χ0v) is 24.3. The molecule has 0 unspecified atom stereocenters. The molecule has 2 amide bonds. The lowest BCUT2D eigenvalue weighted by Crippen LogP contribution is -2.36. The highest BCUT2D eigenvalue weighted by Gasteiger charge is 2.57. The number of aromatic nitrogens is 1. The van der Waals surface area contributed by atoms with Crippen molar-refractivity contribution in [2.75, 3.05) is 11.5 Å². The van der Waals surface area contributed by atoms with Gasteiger partial charge in [0, 0.05) is 12.1 Å². The van der Waals surface area contributed by atoms with Gasteiger partial charge in [0.25, 0.3) is 0 Å². The summed E-state index contributed by atoms with van der Waals surface area (Å²) >= 11 is 0. The number of phenolic OH excluding ortho intramolecular Hbond substituents is 1. The largest absolute Gasteiger partial charge is 0.508 e. The number of anilines is 1. The molecule has 0 saturated carbocycles. The smallest absolute Gasteiger partial charge is 0.488 e. The highest BCUT2D eigenvalue weighted by atomic mass is 16.5. The summed E-state index contributed by atoms with van der Waals surface area (Å²) in [6.45, 7) is 4.62. The number of fused-ring (bicyclic) bond motifs is 3. The number of allylic oxidation sites excluding steroid dienone is 2. The topological polar surface area (TPSA) is 120 Å². The van der Waals surface area contributed by atoms with Gasteiger partial charge in [-0.25, -0.2) is 0 Å². The zero-order valence-electron chi connectivity index (χ0n) is 24.3. The second kappa shape index (κ2) is 11.9. The lowest BCUT2D eigenvalue weighted by molar-refractivity contribution is -0.122. The number of rotatable bonds is 8. The number of carbonyl (C=O) groups excluding carboxylic acids is 2. The minimum atomic E-state index is -1.70. The molecule has 9 heteroatoms. The number of benzene rings is 2. The number of ether oxygens (including phenoxy) is 1. The Labute approximate surface area is 251 Å². The molecule has 2 aliphatic heterocycles. The molecule has 0 radical (unpaired) electrons. The summed E-state index contributed by atoms with van der Waals surface area (Å²) in [5.74, 6) is -1.30. The SMILES string of the molecule is CC(C)C1=C2[C@@H](CC/C(=C/c3cccc(O)c3)c3ccccn3)OC[C@@H]2[C@@H]2C(=O)N(c3cccc(B(O)O)c3)C(=O)[C@@H]2C1. The maximum absolute atomic E-state index is 13.9. The van der Waals surface area contributed by atoms with Gasteiger partial charge in [0.15, 0.2) is 0 Å². The van der Waals surface area contributed by atoms with Crippen molar-refractivity contribution >= 4 is 41.7 Å². The summed E-state index contributed by atoms with van der Waals surface area (Å²) in [4.78, 5) is 33.4. The van der Waals surface area contributed by atoms with Gasteiger partial charge in [-0.3, -0.25) is 19.5 Å². The number of hydrogen-bond donors (Lipinski definition) is 3. The number of imide groups is 1. The van der Waals surface area contributed by atoms with E-state index in [9.17, 15) is 24.7 Å². The van der Waals surface area contributed by atoms with Crippen LogP contribution in [0.2, 0.25) is 0 Å². The molecule has 6 rings (SSSR count). The van der Waals surface area contributed by atoms with Gasteiger partial charge in [0.1, 0.15) is 5.75 Å². The van der Waals surface area contributed by atoms with E-state index in [1.807, 2.05) is 36.4 Å². The molecule has 1 aromatic heterocycles. The van der Waals surface area contributed by atoms with Gasteiger partial charge in [0.2, 0.25) is 11.8 Å². The lowest BCUT2D eigenvalue weighted by atomic mass is 9.67. The Morgan fingerprint density at radius 2 is 1.86 bits per heavy atom. The average Bonchev–Trinajstić information content (AvgIpc) is 3.53. The molecule has 3 aromatic rings. The van der Waals surface area contributed by atoms with Crippen molar-refractivity contribution in [1.29, 1.82) is 0 Å². The Bertz CT molecular complexity index is 1600. The molecule has 8 nitrogen and oxygen atoms in total. The third-order valence-electron chi connectivity index (χ3n) is 8.95. The van der Waals surface area contributed by atoms with E-state index in [1.165, 1.54) is 16.5 Å². The molecular weight excluding hydrogens is 543 g/mol. The Hall–Kier alpha value is -4.05. The minimum absolute atomic E-state index is 0.186. The predicted molar refractivity (Wildman–Crippen MR) is 165 cm³/mol. The molecule has 220 valence electrons. The van der Waals surface area contributed by atoms with E-state index in [0.717, 1.165) is 22.4 Å². The molecule has 0 bridgehead atoms. The molecule has 1 aliphatic carbocycles. The standard InChI is InChI=1S/C34H35BN2O6/c1-20(2)26-18-27-32(34(40)37(33(27)39)24-9-6-8-23(17-24)35(41)42)28-19-43-30(31(26)28)13-12-22(29-11-3-4-14-36-29)15-21-7-5-10-25(38)16-21/h3-11,14-17,20,27-28,30,32,38,41-42H,12-13,18-19H2,1-2H3/b22-15-/t27-,28+,30-,32-/m1/s1. The summed E-state index contributed by atoms with van der Waals surface area (Å²) in [5, 5.41) is 29.3. The second-order valence-electron chi connectivity index (χ2n) is 11.9. The normalized spacial score (nSPS) is 23.7. The van der Waals surface area contributed by atoms with E-state index in [0.29, 0.717) is 31.6 Å². The van der Waals surface area contributed by atoms with Crippen LogP contribution >= 0.6 is 0 Å².